The summed E-state index contributed by atoms with van der Waals surface area (Å²) in [5.74, 6) is -0.123. The molecule has 0 saturated heterocycles. The molecule has 11 heavy (non-hydrogen) atoms. The summed E-state index contributed by atoms with van der Waals surface area (Å²) in [4.78, 5) is 10.2. The third kappa shape index (κ3) is 24.7. The number of hydrogen-bond acceptors (Lipinski definition) is 2. The average molecular weight is 327 g/mol. The molecule has 0 atom stereocenters. The van der Waals surface area contributed by atoms with E-state index in [1.165, 1.54) is 7.11 Å². The van der Waals surface area contributed by atoms with Crippen molar-refractivity contribution in [2.75, 3.05) is 7.11 Å². The average Bonchev–Trinajstić information content (AvgIpc) is 1.68. The third-order valence-electron chi connectivity index (χ3n) is 0.682. The molecule has 6 heteroatoms. The summed E-state index contributed by atoms with van der Waals surface area (Å²) in [6.07, 6.45) is 1.41. The maximum absolute atomic E-state index is 10.2. The molecule has 4 radical (unpaired) electrons. The Morgan fingerprint density at radius 3 is 1.73 bits per heavy atom. The number of carbonyl (C=O) groups excluding carboxylic acids is 1. The van der Waals surface area contributed by atoms with Crippen LogP contribution in [0.25, 0.3) is 0 Å². The van der Waals surface area contributed by atoms with E-state index in [9.17, 15) is 4.79 Å². The second-order valence-electron chi connectivity index (χ2n) is 1.33. The Morgan fingerprint density at radius 1 is 1.27 bits per heavy atom. The summed E-state index contributed by atoms with van der Waals surface area (Å²) in [5, 5.41) is 0. The second kappa shape index (κ2) is 22.5. The minimum atomic E-state index is -0.123. The van der Waals surface area contributed by atoms with Crippen molar-refractivity contribution in [2.24, 2.45) is 0 Å². The fourth-order valence-corrected chi connectivity index (χ4v) is 0.306. The van der Waals surface area contributed by atoms with E-state index >= 15 is 0 Å². The van der Waals surface area contributed by atoms with Crippen molar-refractivity contribution >= 4 is 29.9 Å². The Morgan fingerprint density at radius 2 is 1.64 bits per heavy atom. The number of ether oxygens (including phenoxy) is 1. The largest absolute Gasteiger partial charge is 1.00 e. The van der Waals surface area contributed by atoms with E-state index in [0.717, 1.165) is 6.42 Å². The maximum atomic E-state index is 10.2. The summed E-state index contributed by atoms with van der Waals surface area (Å²) in [7, 11) is 1.40. The summed E-state index contributed by atoms with van der Waals surface area (Å²) in [6, 6.07) is 0. The van der Waals surface area contributed by atoms with Crippen LogP contribution < -0.4 is 37.2 Å². The van der Waals surface area contributed by atoms with E-state index < -0.39 is 0 Å². The van der Waals surface area contributed by atoms with Crippen LogP contribution in [0.2, 0.25) is 0 Å². The van der Waals surface area contributed by atoms with Crippen molar-refractivity contribution in [3.63, 3.8) is 0 Å². The monoisotopic (exact) mass is 327 g/mol. The third-order valence-corrected chi connectivity index (χ3v) is 0.682. The van der Waals surface area contributed by atoms with Crippen LogP contribution in [0.15, 0.2) is 0 Å². The Balaban J connectivity index is -0.0000000300. The van der Waals surface area contributed by atoms with Gasteiger partial charge in [0, 0.05) is 30.3 Å². The van der Waals surface area contributed by atoms with Crippen LogP contribution in [0, 0.1) is 0 Å². The minimum absolute atomic E-state index is 0. The van der Waals surface area contributed by atoms with Crippen LogP contribution in [0.1, 0.15) is 19.8 Å². The summed E-state index contributed by atoms with van der Waals surface area (Å²) in [6.45, 7) is 1.94. The molecule has 0 fully saturated rings. The molecule has 0 heterocycles. The van der Waals surface area contributed by atoms with Gasteiger partial charge in [-0.25, -0.2) is 0 Å². The first-order chi connectivity index (χ1) is 3.31. The molecule has 2 nitrogen and oxygen atoms in total. The Bertz CT molecular complexity index is 72.7. The number of hydrogen-bond donors (Lipinski definition) is 0. The van der Waals surface area contributed by atoms with E-state index in [2.05, 4.69) is 4.74 Å². The van der Waals surface area contributed by atoms with E-state index in [-0.39, 0.29) is 67.1 Å². The van der Waals surface area contributed by atoms with Crippen LogP contribution >= 0.6 is 0 Å². The summed E-state index contributed by atoms with van der Waals surface area (Å²) in [5.41, 5.74) is 0. The predicted molar refractivity (Wildman–Crippen MR) is 32.7 cm³/mol. The van der Waals surface area contributed by atoms with Gasteiger partial charge in [0.05, 0.1) is 7.11 Å². The van der Waals surface area contributed by atoms with Crippen molar-refractivity contribution in [2.45, 2.75) is 19.8 Å². The van der Waals surface area contributed by atoms with Crippen molar-refractivity contribution in [3.05, 3.63) is 0 Å². The number of rotatable bonds is 2. The molecule has 0 aliphatic heterocycles. The van der Waals surface area contributed by atoms with E-state index in [0.29, 0.717) is 6.42 Å². The SMILES string of the molecule is CCCC(=O)OC.[Cl-].[Cl-].[Cl-].[Sn]. The Kier molecular flexibility index (Phi) is 60.4. The molecule has 0 unspecified atom stereocenters. The van der Waals surface area contributed by atoms with Gasteiger partial charge in [-0.3, -0.25) is 4.79 Å². The second-order valence-corrected chi connectivity index (χ2v) is 1.33. The normalized spacial score (nSPS) is 5.27. The topological polar surface area (TPSA) is 26.3 Å². The van der Waals surface area contributed by atoms with Gasteiger partial charge in [0.15, 0.2) is 0 Å². The molecular formula is C5H10Cl3O2Sn-3. The van der Waals surface area contributed by atoms with Crippen LogP contribution in [0.5, 0.6) is 0 Å². The predicted octanol–water partition coefficient (Wildman–Crippen LogP) is -8.41. The van der Waals surface area contributed by atoms with Crippen molar-refractivity contribution in [3.8, 4) is 0 Å². The zero-order valence-corrected chi connectivity index (χ0v) is 11.5. The summed E-state index contributed by atoms with van der Waals surface area (Å²) < 4.78 is 4.35. The van der Waals surface area contributed by atoms with Gasteiger partial charge in [-0.2, -0.15) is 0 Å². The maximum Gasteiger partial charge on any atom is 0.305 e. The summed E-state index contributed by atoms with van der Waals surface area (Å²) >= 11 is 0. The molecule has 0 aromatic carbocycles. The number of carbonyl (C=O) groups is 1. The molecule has 0 N–H and O–H groups in total. The molecule has 70 valence electrons. The molecule has 0 rings (SSSR count). The number of methoxy groups -OCH3 is 1. The molecule has 0 aliphatic rings. The molecule has 0 aromatic heterocycles. The molecule has 0 bridgehead atoms. The van der Waals surface area contributed by atoms with Crippen molar-refractivity contribution < 1.29 is 46.8 Å². The first-order valence-corrected chi connectivity index (χ1v) is 2.38. The van der Waals surface area contributed by atoms with Gasteiger partial charge in [-0.05, 0) is 6.42 Å². The van der Waals surface area contributed by atoms with Gasteiger partial charge < -0.3 is 42.0 Å². The molecule has 0 aromatic rings. The van der Waals surface area contributed by atoms with Gasteiger partial charge in [-0.15, -0.1) is 0 Å². The Labute approximate surface area is 103 Å². The molecule has 0 spiro atoms. The molecule has 0 aliphatic carbocycles. The van der Waals surface area contributed by atoms with Gasteiger partial charge in [-0.1, -0.05) is 6.92 Å². The zero-order valence-electron chi connectivity index (χ0n) is 6.36. The van der Waals surface area contributed by atoms with Gasteiger partial charge in [0.1, 0.15) is 0 Å². The van der Waals surface area contributed by atoms with E-state index in [1.54, 1.807) is 0 Å². The Hall–Kier alpha value is 1.14. The van der Waals surface area contributed by atoms with Crippen LogP contribution in [0.4, 0.5) is 0 Å². The number of esters is 1. The number of halogens is 3. The van der Waals surface area contributed by atoms with Crippen molar-refractivity contribution in [1.29, 1.82) is 0 Å². The fraction of sp³-hybridized carbons (Fsp3) is 0.800. The van der Waals surface area contributed by atoms with Crippen LogP contribution in [-0.4, -0.2) is 37.0 Å². The van der Waals surface area contributed by atoms with Gasteiger partial charge in [0.2, 0.25) is 0 Å². The first kappa shape index (κ1) is 29.6. The van der Waals surface area contributed by atoms with E-state index in [1.807, 2.05) is 6.92 Å². The van der Waals surface area contributed by atoms with Crippen LogP contribution in [0.3, 0.4) is 0 Å². The van der Waals surface area contributed by atoms with Gasteiger partial charge >= 0.3 is 5.97 Å². The molecular weight excluding hydrogens is 317 g/mol. The molecule has 0 saturated carbocycles. The molecule has 0 amide bonds. The first-order valence-electron chi connectivity index (χ1n) is 2.38. The van der Waals surface area contributed by atoms with E-state index in [4.69, 9.17) is 0 Å². The van der Waals surface area contributed by atoms with Gasteiger partial charge in [0.25, 0.3) is 0 Å². The van der Waals surface area contributed by atoms with Crippen LogP contribution in [-0.2, 0) is 9.53 Å². The van der Waals surface area contributed by atoms with Crippen molar-refractivity contribution in [1.82, 2.24) is 0 Å². The quantitative estimate of drug-likeness (QED) is 0.372. The minimum Gasteiger partial charge on any atom is -1.00 e. The fourth-order valence-electron chi connectivity index (χ4n) is 0.306. The standard InChI is InChI=1S/C5H10O2.3ClH.Sn/c1-3-4-5(6)7-2;;;;/h3-4H2,1-2H3;3*1H;/p-3. The smallest absolute Gasteiger partial charge is 0.305 e. The zero-order chi connectivity index (χ0) is 5.70.